The minimum absolute atomic E-state index is 0.172. The lowest BCUT2D eigenvalue weighted by molar-refractivity contribution is -0.134. The molecule has 0 unspecified atom stereocenters. The smallest absolute Gasteiger partial charge is 0.311 e. The third-order valence-electron chi connectivity index (χ3n) is 4.48. The van der Waals surface area contributed by atoms with Gasteiger partial charge in [0.25, 0.3) is 0 Å². The Morgan fingerprint density at radius 1 is 0.920 bits per heavy atom. The van der Waals surface area contributed by atoms with Crippen molar-refractivity contribution in [2.75, 3.05) is 0 Å². The summed E-state index contributed by atoms with van der Waals surface area (Å²) in [4.78, 5) is 12.4. The fourth-order valence-electron chi connectivity index (χ4n) is 3.14. The molecule has 0 amide bonds. The van der Waals surface area contributed by atoms with Crippen LogP contribution < -0.4 is 4.74 Å². The van der Waals surface area contributed by atoms with Crippen molar-refractivity contribution in [3.05, 3.63) is 53.6 Å². The van der Waals surface area contributed by atoms with E-state index in [1.165, 1.54) is 19.3 Å². The summed E-state index contributed by atoms with van der Waals surface area (Å²) < 4.78 is 5.80. The molecule has 0 N–H and O–H groups in total. The molecule has 0 spiro atoms. The molecule has 3 rings (SSSR count). The molecule has 0 radical (unpaired) electrons. The first-order valence-corrected chi connectivity index (χ1v) is 9.38. The molecule has 25 heavy (non-hydrogen) atoms. The van der Waals surface area contributed by atoms with Gasteiger partial charge in [0.1, 0.15) is 5.75 Å². The van der Waals surface area contributed by atoms with E-state index in [0.29, 0.717) is 17.2 Å². The minimum atomic E-state index is -0.172. The van der Waals surface area contributed by atoms with Gasteiger partial charge in [0, 0.05) is 22.2 Å². The van der Waals surface area contributed by atoms with Gasteiger partial charge >= 0.3 is 5.97 Å². The largest absolute Gasteiger partial charge is 0.425 e. The molecule has 3 aromatic carbocycles. The number of esters is 1. The average Bonchev–Trinajstić information content (AvgIpc) is 2.62. The van der Waals surface area contributed by atoms with Gasteiger partial charge in [0.15, 0.2) is 0 Å². The van der Waals surface area contributed by atoms with Gasteiger partial charge in [0.2, 0.25) is 0 Å². The highest BCUT2D eigenvalue weighted by Crippen LogP contribution is 2.36. The Kier molecular flexibility index (Phi) is 5.93. The van der Waals surface area contributed by atoms with Gasteiger partial charge in [-0.3, -0.25) is 4.79 Å². The van der Waals surface area contributed by atoms with Crippen LogP contribution in [0.1, 0.15) is 45.4 Å². The lowest BCUT2D eigenvalue weighted by Crippen LogP contribution is -2.08. The predicted molar refractivity (Wildman–Crippen MR) is 105 cm³/mol. The molecule has 0 atom stereocenters. The van der Waals surface area contributed by atoms with Crippen LogP contribution in [-0.2, 0) is 4.79 Å². The Balaban J connectivity index is 1.87. The summed E-state index contributed by atoms with van der Waals surface area (Å²) in [5, 5.41) is 4.54. The molecule has 3 heteroatoms. The molecular formula is C22H23ClO2. The Labute approximate surface area is 153 Å². The van der Waals surface area contributed by atoms with Gasteiger partial charge in [-0.15, -0.1) is 0 Å². The Hall–Kier alpha value is -2.06. The maximum atomic E-state index is 12.4. The van der Waals surface area contributed by atoms with Crippen molar-refractivity contribution in [2.24, 2.45) is 0 Å². The second-order valence-electron chi connectivity index (χ2n) is 6.43. The van der Waals surface area contributed by atoms with Gasteiger partial charge in [0.05, 0.1) is 0 Å². The van der Waals surface area contributed by atoms with Crippen molar-refractivity contribution in [3.8, 4) is 5.75 Å². The van der Waals surface area contributed by atoms with Gasteiger partial charge < -0.3 is 4.74 Å². The third kappa shape index (κ3) is 4.32. The number of unbranched alkanes of at least 4 members (excludes halogenated alkanes) is 4. The second kappa shape index (κ2) is 8.35. The monoisotopic (exact) mass is 354 g/mol. The number of hydrogen-bond acceptors (Lipinski definition) is 2. The summed E-state index contributed by atoms with van der Waals surface area (Å²) in [5.74, 6) is 0.447. The van der Waals surface area contributed by atoms with Crippen molar-refractivity contribution in [2.45, 2.75) is 45.4 Å². The molecule has 0 aliphatic heterocycles. The highest BCUT2D eigenvalue weighted by molar-refractivity contribution is 6.31. The highest BCUT2D eigenvalue weighted by atomic mass is 35.5. The van der Waals surface area contributed by atoms with Gasteiger partial charge in [-0.2, -0.15) is 0 Å². The first kappa shape index (κ1) is 17.8. The number of rotatable bonds is 7. The number of carbonyl (C=O) groups is 1. The van der Waals surface area contributed by atoms with E-state index in [1.807, 2.05) is 42.5 Å². The molecule has 0 fully saturated rings. The molecule has 0 saturated heterocycles. The minimum Gasteiger partial charge on any atom is -0.425 e. The topological polar surface area (TPSA) is 26.3 Å². The molecule has 0 saturated carbocycles. The number of halogens is 1. The summed E-state index contributed by atoms with van der Waals surface area (Å²) in [6.07, 6.45) is 6.01. The van der Waals surface area contributed by atoms with E-state index in [0.717, 1.165) is 34.4 Å². The van der Waals surface area contributed by atoms with E-state index >= 15 is 0 Å². The molecule has 0 aliphatic carbocycles. The molecule has 3 aromatic rings. The van der Waals surface area contributed by atoms with Crippen molar-refractivity contribution in [1.82, 2.24) is 0 Å². The lowest BCUT2D eigenvalue weighted by Gasteiger charge is -2.12. The number of ether oxygens (including phenoxy) is 1. The van der Waals surface area contributed by atoms with Gasteiger partial charge in [-0.25, -0.2) is 0 Å². The van der Waals surface area contributed by atoms with Crippen LogP contribution in [-0.4, -0.2) is 5.97 Å². The van der Waals surface area contributed by atoms with Crippen LogP contribution in [0.25, 0.3) is 21.5 Å². The quantitative estimate of drug-likeness (QED) is 0.199. The van der Waals surface area contributed by atoms with Gasteiger partial charge in [-0.05, 0) is 35.4 Å². The maximum Gasteiger partial charge on any atom is 0.311 e. The Morgan fingerprint density at radius 2 is 1.68 bits per heavy atom. The summed E-state index contributed by atoms with van der Waals surface area (Å²) in [7, 11) is 0. The molecule has 0 heterocycles. The molecule has 130 valence electrons. The molecule has 0 bridgehead atoms. The van der Waals surface area contributed by atoms with Crippen LogP contribution in [0, 0.1) is 0 Å². The molecule has 2 nitrogen and oxygen atoms in total. The van der Waals surface area contributed by atoms with E-state index in [4.69, 9.17) is 16.3 Å². The first-order valence-electron chi connectivity index (χ1n) is 9.00. The van der Waals surface area contributed by atoms with E-state index in [2.05, 4.69) is 13.0 Å². The van der Waals surface area contributed by atoms with Crippen LogP contribution in [0.5, 0.6) is 5.75 Å². The van der Waals surface area contributed by atoms with Crippen molar-refractivity contribution < 1.29 is 9.53 Å². The fourth-order valence-corrected chi connectivity index (χ4v) is 3.31. The molecule has 0 aromatic heterocycles. The average molecular weight is 355 g/mol. The number of carbonyl (C=O) groups excluding carboxylic acids is 1. The van der Waals surface area contributed by atoms with Crippen LogP contribution in [0.3, 0.4) is 0 Å². The molecule has 0 aliphatic rings. The van der Waals surface area contributed by atoms with Crippen molar-refractivity contribution in [1.29, 1.82) is 0 Å². The number of hydrogen-bond donors (Lipinski definition) is 0. The summed E-state index contributed by atoms with van der Waals surface area (Å²) >= 11 is 6.17. The fraction of sp³-hybridized carbons (Fsp3) is 0.318. The third-order valence-corrected chi connectivity index (χ3v) is 4.71. The van der Waals surface area contributed by atoms with E-state index in [-0.39, 0.29) is 5.97 Å². The second-order valence-corrected chi connectivity index (χ2v) is 6.87. The zero-order chi connectivity index (χ0) is 17.6. The van der Waals surface area contributed by atoms with Crippen molar-refractivity contribution in [3.63, 3.8) is 0 Å². The van der Waals surface area contributed by atoms with Crippen LogP contribution in [0.2, 0.25) is 5.02 Å². The summed E-state index contributed by atoms with van der Waals surface area (Å²) in [6.45, 7) is 2.19. The first-order chi connectivity index (χ1) is 12.2. The zero-order valence-corrected chi connectivity index (χ0v) is 15.3. The summed E-state index contributed by atoms with van der Waals surface area (Å²) in [5.41, 5.74) is 0. The Bertz CT molecular complexity index is 886. The molecular weight excluding hydrogens is 332 g/mol. The van der Waals surface area contributed by atoms with Crippen LogP contribution >= 0.6 is 11.6 Å². The standard InChI is InChI=1S/C22H23ClO2/c1-2-3-4-5-6-11-21(24)25-22-19-10-8-7-9-16(19)14-17-12-13-18(23)15-20(17)22/h7-10,12-15H,2-6,11H2,1H3. The van der Waals surface area contributed by atoms with Gasteiger partial charge in [-0.1, -0.05) is 74.5 Å². The predicted octanol–water partition coefficient (Wildman–Crippen LogP) is 6.91. The van der Waals surface area contributed by atoms with Crippen LogP contribution in [0.15, 0.2) is 48.5 Å². The van der Waals surface area contributed by atoms with Crippen molar-refractivity contribution >= 4 is 39.1 Å². The van der Waals surface area contributed by atoms with E-state index in [1.54, 1.807) is 0 Å². The zero-order valence-electron chi connectivity index (χ0n) is 14.6. The van der Waals surface area contributed by atoms with E-state index < -0.39 is 0 Å². The highest BCUT2D eigenvalue weighted by Gasteiger charge is 2.13. The number of benzene rings is 3. The summed E-state index contributed by atoms with van der Waals surface area (Å²) in [6, 6.07) is 15.8. The SMILES string of the molecule is CCCCCCCC(=O)Oc1c2ccccc2cc2ccc(Cl)cc12. The maximum absolute atomic E-state index is 12.4. The van der Waals surface area contributed by atoms with E-state index in [9.17, 15) is 4.79 Å². The number of fused-ring (bicyclic) bond motifs is 2. The Morgan fingerprint density at radius 3 is 2.52 bits per heavy atom. The lowest BCUT2D eigenvalue weighted by atomic mass is 10.0. The van der Waals surface area contributed by atoms with Crippen LogP contribution in [0.4, 0.5) is 0 Å². The normalized spacial score (nSPS) is 11.1.